The van der Waals surface area contributed by atoms with E-state index >= 15 is 0 Å². The molecule has 0 bridgehead atoms. The van der Waals surface area contributed by atoms with Gasteiger partial charge < -0.3 is 19.4 Å². The van der Waals surface area contributed by atoms with Crippen molar-refractivity contribution in [2.45, 2.75) is 57.5 Å². The van der Waals surface area contributed by atoms with Gasteiger partial charge in [-0.2, -0.15) is 0 Å². The third kappa shape index (κ3) is 5.05. The van der Waals surface area contributed by atoms with E-state index < -0.39 is 0 Å². The predicted molar refractivity (Wildman–Crippen MR) is 190 cm³/mol. The first-order valence-electron chi connectivity index (χ1n) is 16.8. The third-order valence-electron chi connectivity index (χ3n) is 10.1. The Bertz CT molecular complexity index is 2340. The van der Waals surface area contributed by atoms with Gasteiger partial charge in [-0.15, -0.1) is 21.5 Å². The number of pyridine rings is 2. The Labute approximate surface area is 296 Å². The fraction of sp³-hybridized carbons (Fsp3) is 0.289. The van der Waals surface area contributed by atoms with Crippen LogP contribution in [0.3, 0.4) is 0 Å². The highest BCUT2D eigenvalue weighted by Crippen LogP contribution is 2.51. The van der Waals surface area contributed by atoms with Crippen LogP contribution in [0.25, 0.3) is 32.0 Å². The van der Waals surface area contributed by atoms with Crippen LogP contribution < -0.4 is 10.1 Å². The van der Waals surface area contributed by atoms with Crippen molar-refractivity contribution in [1.82, 2.24) is 25.1 Å². The molecular formula is C38H32ClFN6O3S. The Morgan fingerprint density at radius 3 is 2.82 bits per heavy atom. The van der Waals surface area contributed by atoms with E-state index in [2.05, 4.69) is 27.6 Å². The van der Waals surface area contributed by atoms with Crippen molar-refractivity contribution < 1.29 is 18.3 Å². The third-order valence-corrected chi connectivity index (χ3v) is 11.5. The largest absolute Gasteiger partial charge is 0.493 e. The van der Waals surface area contributed by atoms with Gasteiger partial charge in [0.25, 0.3) is 5.91 Å². The summed E-state index contributed by atoms with van der Waals surface area (Å²) in [5.41, 5.74) is 6.69. The first-order valence-corrected chi connectivity index (χ1v) is 18.0. The van der Waals surface area contributed by atoms with E-state index in [0.717, 1.165) is 73.7 Å². The summed E-state index contributed by atoms with van der Waals surface area (Å²) in [6.45, 7) is 2.46. The van der Waals surface area contributed by atoms with Gasteiger partial charge in [-0.25, -0.2) is 9.37 Å². The molecule has 2 atom stereocenters. The summed E-state index contributed by atoms with van der Waals surface area (Å²) in [6, 6.07) is 15.1. The number of halogens is 2. The van der Waals surface area contributed by atoms with Crippen LogP contribution in [0.1, 0.15) is 75.7 Å². The average molecular weight is 707 g/mol. The fourth-order valence-electron chi connectivity index (χ4n) is 7.93. The Kier molecular flexibility index (Phi) is 7.58. The van der Waals surface area contributed by atoms with Crippen molar-refractivity contribution in [2.75, 3.05) is 19.0 Å². The minimum Gasteiger partial charge on any atom is -0.493 e. The number of hydrogen-bond acceptors (Lipinski definition) is 9. The monoisotopic (exact) mass is 706 g/mol. The quantitative estimate of drug-likeness (QED) is 0.168. The number of carbonyl (C=O) groups excluding carboxylic acids is 1. The van der Waals surface area contributed by atoms with Gasteiger partial charge in [-0.1, -0.05) is 29.8 Å². The highest BCUT2D eigenvalue weighted by Gasteiger charge is 2.45. The smallest absolute Gasteiger partial charge is 0.257 e. The van der Waals surface area contributed by atoms with Crippen molar-refractivity contribution in [3.05, 3.63) is 105 Å². The van der Waals surface area contributed by atoms with Gasteiger partial charge in [0.1, 0.15) is 5.82 Å². The Morgan fingerprint density at radius 1 is 1.10 bits per heavy atom. The predicted octanol–water partition coefficient (Wildman–Crippen LogP) is 8.69. The maximum Gasteiger partial charge on any atom is 0.257 e. The van der Waals surface area contributed by atoms with Crippen LogP contribution >= 0.6 is 22.9 Å². The van der Waals surface area contributed by atoms with Gasteiger partial charge in [0.05, 0.1) is 46.4 Å². The van der Waals surface area contributed by atoms with Crippen molar-refractivity contribution in [3.8, 4) is 27.6 Å². The van der Waals surface area contributed by atoms with E-state index in [9.17, 15) is 9.18 Å². The molecule has 1 amide bonds. The van der Waals surface area contributed by atoms with E-state index in [1.807, 2.05) is 35.2 Å². The highest BCUT2D eigenvalue weighted by molar-refractivity contribution is 7.23. The zero-order chi connectivity index (χ0) is 34.1. The maximum absolute atomic E-state index is 14.5. The Balaban J connectivity index is 1.20. The number of methoxy groups -OCH3 is 1. The fourth-order valence-corrected chi connectivity index (χ4v) is 9.31. The topological polar surface area (TPSA) is 106 Å². The van der Waals surface area contributed by atoms with Crippen LogP contribution in [0.15, 0.2) is 59.1 Å². The number of anilines is 1. The van der Waals surface area contributed by atoms with E-state index in [-0.39, 0.29) is 23.8 Å². The summed E-state index contributed by atoms with van der Waals surface area (Å²) in [6.07, 6.45) is 6.37. The lowest BCUT2D eigenvalue weighted by Gasteiger charge is -2.16. The van der Waals surface area contributed by atoms with Gasteiger partial charge in [-0.3, -0.25) is 9.78 Å². The van der Waals surface area contributed by atoms with E-state index in [1.165, 1.54) is 13.2 Å². The molecule has 0 saturated carbocycles. The number of thiophene rings is 1. The molecule has 0 radical (unpaired) electrons. The first-order chi connectivity index (χ1) is 24.4. The van der Waals surface area contributed by atoms with Crippen LogP contribution in [-0.4, -0.2) is 44.6 Å². The number of nitrogens with zero attached hydrogens (tertiary/aromatic N) is 5. The molecule has 12 heteroatoms. The Morgan fingerprint density at radius 2 is 2.00 bits per heavy atom. The molecule has 9 nitrogen and oxygen atoms in total. The summed E-state index contributed by atoms with van der Waals surface area (Å²) in [7, 11) is 1.51. The molecule has 1 aliphatic carbocycles. The second kappa shape index (κ2) is 12.2. The molecule has 6 heterocycles. The zero-order valence-corrected chi connectivity index (χ0v) is 29.0. The van der Waals surface area contributed by atoms with Crippen molar-refractivity contribution >= 4 is 44.7 Å². The van der Waals surface area contributed by atoms with Gasteiger partial charge in [0.2, 0.25) is 11.8 Å². The van der Waals surface area contributed by atoms with E-state index in [4.69, 9.17) is 30.7 Å². The lowest BCUT2D eigenvalue weighted by Crippen LogP contribution is -2.22. The molecule has 2 aromatic carbocycles. The molecule has 9 rings (SSSR count). The lowest BCUT2D eigenvalue weighted by molar-refractivity contribution is 0.0776. The molecule has 2 aliphatic heterocycles. The molecular weight excluding hydrogens is 675 g/mol. The van der Waals surface area contributed by atoms with Crippen LogP contribution in [0.5, 0.6) is 5.75 Å². The molecule has 6 aromatic rings. The Hall–Kier alpha value is -4.87. The molecule has 4 aromatic heterocycles. The summed E-state index contributed by atoms with van der Waals surface area (Å²) >= 11 is 7.92. The number of nitrogens with one attached hydrogen (secondary N) is 1. The maximum atomic E-state index is 14.5. The summed E-state index contributed by atoms with van der Waals surface area (Å²) in [5.74, 6) is 1.44. The lowest BCUT2D eigenvalue weighted by atomic mass is 9.93. The number of aromatic nitrogens is 4. The number of carbonyl (C=O) groups is 1. The van der Waals surface area contributed by atoms with Gasteiger partial charge in [0.15, 0.2) is 11.6 Å². The highest BCUT2D eigenvalue weighted by atomic mass is 35.5. The summed E-state index contributed by atoms with van der Waals surface area (Å²) < 4.78 is 27.0. The number of ether oxygens (including phenoxy) is 1. The molecule has 50 heavy (non-hydrogen) atoms. The second-order valence-electron chi connectivity index (χ2n) is 13.1. The number of fused-ring (bicyclic) bond motifs is 5. The zero-order valence-electron chi connectivity index (χ0n) is 27.4. The summed E-state index contributed by atoms with van der Waals surface area (Å²) in [4.78, 5) is 27.1. The van der Waals surface area contributed by atoms with Crippen LogP contribution in [0, 0.1) is 12.7 Å². The number of rotatable bonds is 8. The van der Waals surface area contributed by atoms with Gasteiger partial charge in [0, 0.05) is 40.7 Å². The minimum absolute atomic E-state index is 0.0125. The molecule has 1 saturated heterocycles. The molecule has 1 fully saturated rings. The molecule has 3 aliphatic rings. The molecule has 1 N–H and O–H groups in total. The standard InChI is InChI=1S/C38H32ClFN6O3S/c1-19-44-45-37(49-19)30-27(12-8-20-5-3-6-22(39)17-20)42-33-28-7-4-16-46(28)38(47)32(33)31(30)29-18-21-14-15-41-36(35(21)50-29)43-26-13-10-24-23(26)9-11-25(40)34(24)48-2/h3,5-6,9,11,14-15,17-18,26,28H,4,7-8,10,12-13,16H2,1-2H3,(H,41,43)/t26?,28-/m0/s1. The van der Waals surface area contributed by atoms with Crippen LogP contribution in [0.4, 0.5) is 10.2 Å². The second-order valence-corrected chi connectivity index (χ2v) is 14.5. The molecule has 0 spiro atoms. The number of benzene rings is 2. The van der Waals surface area contributed by atoms with E-state index in [0.29, 0.717) is 59.5 Å². The number of hydrogen-bond donors (Lipinski definition) is 1. The van der Waals surface area contributed by atoms with Gasteiger partial charge >= 0.3 is 0 Å². The molecule has 1 unspecified atom stereocenters. The first kappa shape index (κ1) is 31.1. The van der Waals surface area contributed by atoms with E-state index in [1.54, 1.807) is 24.5 Å². The minimum atomic E-state index is -0.353. The normalized spacial score (nSPS) is 17.8. The van der Waals surface area contributed by atoms with Gasteiger partial charge in [-0.05, 0) is 85.4 Å². The van der Waals surface area contributed by atoms with Crippen molar-refractivity contribution in [2.24, 2.45) is 0 Å². The van der Waals surface area contributed by atoms with Crippen LogP contribution in [-0.2, 0) is 19.3 Å². The van der Waals surface area contributed by atoms with Crippen LogP contribution in [0.2, 0.25) is 5.02 Å². The number of aryl methyl sites for hydroxylation is 3. The summed E-state index contributed by atoms with van der Waals surface area (Å²) in [5, 5.41) is 14.0. The number of amides is 1. The van der Waals surface area contributed by atoms with Crippen molar-refractivity contribution in [1.29, 1.82) is 0 Å². The van der Waals surface area contributed by atoms with Crippen molar-refractivity contribution in [3.63, 3.8) is 0 Å². The SMILES string of the molecule is COc1c(F)ccc2c1CCC2Nc1nccc2cc(-c3c4c(nc(CCc5cccc(Cl)c5)c3-c3nnc(C)o3)[C@@H]3CCCN3C4=O)sc12. The average Bonchev–Trinajstić information content (AvgIpc) is 3.95. The molecule has 252 valence electrons.